The number of benzene rings is 3. The molecule has 3 aromatic carbocycles. The van der Waals surface area contributed by atoms with Gasteiger partial charge in [-0.05, 0) is 43.3 Å². The van der Waals surface area contributed by atoms with Crippen molar-refractivity contribution in [2.45, 2.75) is 19.1 Å². The Balaban J connectivity index is 1.88. The van der Waals surface area contributed by atoms with Gasteiger partial charge in [-0.1, -0.05) is 48.5 Å². The van der Waals surface area contributed by atoms with Gasteiger partial charge >= 0.3 is 6.09 Å². The van der Waals surface area contributed by atoms with Gasteiger partial charge < -0.3 is 30.4 Å². The smallest absolute Gasteiger partial charge is 0.414 e. The molecule has 3 amide bonds. The molecule has 10 nitrogen and oxygen atoms in total. The fourth-order valence-electron chi connectivity index (χ4n) is 3.61. The minimum atomic E-state index is -1.13. The van der Waals surface area contributed by atoms with E-state index in [2.05, 4.69) is 10.6 Å². The number of ether oxygens (including phenoxy) is 3. The number of aliphatic hydroxyl groups excluding tert-OH is 1. The van der Waals surface area contributed by atoms with Crippen molar-refractivity contribution in [3.05, 3.63) is 102 Å². The molecule has 0 fully saturated rings. The summed E-state index contributed by atoms with van der Waals surface area (Å²) in [4.78, 5) is 38.0. The number of nitrogen functional groups attached to an aromatic ring is 1. The van der Waals surface area contributed by atoms with Gasteiger partial charge in [0.05, 0.1) is 18.0 Å². The number of para-hydroxylation sites is 3. The first-order chi connectivity index (χ1) is 18.9. The summed E-state index contributed by atoms with van der Waals surface area (Å²) in [5.41, 5.74) is 7.42. The van der Waals surface area contributed by atoms with Crippen molar-refractivity contribution in [3.63, 3.8) is 0 Å². The molecule has 0 aromatic heterocycles. The number of anilines is 2. The molecule has 0 radical (unpaired) electrons. The van der Waals surface area contributed by atoms with Crippen LogP contribution in [0.3, 0.4) is 0 Å². The molecule has 2 atom stereocenters. The van der Waals surface area contributed by atoms with Crippen LogP contribution in [0, 0.1) is 0 Å². The second-order valence-corrected chi connectivity index (χ2v) is 8.11. The van der Waals surface area contributed by atoms with Gasteiger partial charge in [0.15, 0.2) is 6.10 Å². The Morgan fingerprint density at radius 2 is 1.67 bits per heavy atom. The highest BCUT2D eigenvalue weighted by atomic mass is 16.6. The second-order valence-electron chi connectivity index (χ2n) is 8.11. The van der Waals surface area contributed by atoms with Crippen LogP contribution in [0.1, 0.15) is 28.9 Å². The van der Waals surface area contributed by atoms with Gasteiger partial charge in [-0.3, -0.25) is 14.9 Å². The number of hydrogen-bond acceptors (Lipinski definition) is 8. The zero-order chi connectivity index (χ0) is 28.0. The van der Waals surface area contributed by atoms with E-state index in [9.17, 15) is 19.5 Å². The molecule has 0 saturated heterocycles. The first kappa shape index (κ1) is 28.9. The molecule has 3 rings (SSSR count). The maximum atomic E-state index is 12.9. The summed E-state index contributed by atoms with van der Waals surface area (Å²) in [6.07, 6.45) is -0.421. The van der Waals surface area contributed by atoms with Crippen LogP contribution in [0.25, 0.3) is 0 Å². The number of alkyl carbamates (subject to hydrolysis) is 1. The molecule has 0 aliphatic heterocycles. The Morgan fingerprint density at radius 1 is 0.974 bits per heavy atom. The number of aliphatic hydroxyl groups is 1. The predicted octanol–water partition coefficient (Wildman–Crippen LogP) is 3.85. The van der Waals surface area contributed by atoms with E-state index in [1.807, 2.05) is 0 Å². The first-order valence-electron chi connectivity index (χ1n) is 12.3. The van der Waals surface area contributed by atoms with E-state index in [0.717, 1.165) is 0 Å². The molecule has 0 aliphatic carbocycles. The molecular weight excluding hydrogens is 502 g/mol. The highest BCUT2D eigenvalue weighted by molar-refractivity contribution is 6.03. The third-order valence-corrected chi connectivity index (χ3v) is 5.37. The largest absolute Gasteiger partial charge is 0.491 e. The van der Waals surface area contributed by atoms with E-state index in [0.29, 0.717) is 22.7 Å². The number of nitrogens with one attached hydrogen (secondary N) is 2. The summed E-state index contributed by atoms with van der Waals surface area (Å²) in [6, 6.07) is 21.7. The Hall–Kier alpha value is -4.67. The SMILES string of the molecule is CCO[C@@H](/C=C/C(=O)Nc1ccccc1N)[C@@H](OC(=O)NC(=O)c1ccccc1)c1ccccc1OCCO. The lowest BCUT2D eigenvalue weighted by molar-refractivity contribution is -0.112. The van der Waals surface area contributed by atoms with Crippen LogP contribution < -0.4 is 21.1 Å². The van der Waals surface area contributed by atoms with Crippen LogP contribution in [0.2, 0.25) is 0 Å². The summed E-state index contributed by atoms with van der Waals surface area (Å²) in [5, 5.41) is 14.1. The Labute approximate surface area is 226 Å². The number of imide groups is 1. The van der Waals surface area contributed by atoms with E-state index >= 15 is 0 Å². The van der Waals surface area contributed by atoms with Gasteiger partial charge in [0.1, 0.15) is 18.5 Å². The van der Waals surface area contributed by atoms with Crippen LogP contribution in [0.5, 0.6) is 5.75 Å². The maximum Gasteiger partial charge on any atom is 0.414 e. The summed E-state index contributed by atoms with van der Waals surface area (Å²) in [7, 11) is 0. The first-order valence-corrected chi connectivity index (χ1v) is 12.3. The lowest BCUT2D eigenvalue weighted by Crippen LogP contribution is -2.35. The summed E-state index contributed by atoms with van der Waals surface area (Å²) < 4.78 is 17.2. The van der Waals surface area contributed by atoms with Crippen molar-refractivity contribution in [2.24, 2.45) is 0 Å². The maximum absolute atomic E-state index is 12.9. The van der Waals surface area contributed by atoms with Crippen LogP contribution in [-0.4, -0.2) is 48.9 Å². The minimum absolute atomic E-state index is 0.00152. The van der Waals surface area contributed by atoms with Gasteiger partial charge in [-0.15, -0.1) is 0 Å². The average Bonchev–Trinajstić information content (AvgIpc) is 2.95. The number of nitrogens with two attached hydrogens (primary N) is 1. The number of rotatable bonds is 12. The Kier molecular flexibility index (Phi) is 11.0. The number of carbonyl (C=O) groups is 3. The Bertz CT molecular complexity index is 1280. The summed E-state index contributed by atoms with van der Waals surface area (Å²) in [6.45, 7) is 1.73. The van der Waals surface area contributed by atoms with Gasteiger partial charge in [0.2, 0.25) is 5.91 Å². The molecule has 0 spiro atoms. The normalized spacial score (nSPS) is 12.4. The molecule has 0 unspecified atom stereocenters. The van der Waals surface area contributed by atoms with Crippen molar-refractivity contribution in [2.75, 3.05) is 30.9 Å². The Morgan fingerprint density at radius 3 is 2.38 bits per heavy atom. The lowest BCUT2D eigenvalue weighted by Gasteiger charge is -2.26. The van der Waals surface area contributed by atoms with Crippen LogP contribution >= 0.6 is 0 Å². The molecule has 39 heavy (non-hydrogen) atoms. The number of amides is 3. The highest BCUT2D eigenvalue weighted by Gasteiger charge is 2.30. The third-order valence-electron chi connectivity index (χ3n) is 5.37. The van der Waals surface area contributed by atoms with Gasteiger partial charge in [-0.25, -0.2) is 4.79 Å². The average molecular weight is 534 g/mol. The number of hydrogen-bond donors (Lipinski definition) is 4. The summed E-state index contributed by atoms with van der Waals surface area (Å²) in [5.74, 6) is -0.796. The van der Waals surface area contributed by atoms with Crippen molar-refractivity contribution in [3.8, 4) is 5.75 Å². The van der Waals surface area contributed by atoms with Crippen LogP contribution in [0.4, 0.5) is 16.2 Å². The van der Waals surface area contributed by atoms with E-state index in [-0.39, 0.29) is 25.4 Å². The van der Waals surface area contributed by atoms with Crippen molar-refractivity contribution in [1.29, 1.82) is 0 Å². The fourth-order valence-corrected chi connectivity index (χ4v) is 3.61. The van der Waals surface area contributed by atoms with Gasteiger partial charge in [0.25, 0.3) is 5.91 Å². The van der Waals surface area contributed by atoms with E-state index < -0.39 is 30.1 Å². The standard InChI is InChI=1S/C29H31N3O7/c1-2-37-25(16-17-26(34)31-23-14-8-7-13-22(23)30)27(21-12-6-9-15-24(21)38-19-18-33)39-29(36)32-28(35)20-10-4-3-5-11-20/h3-17,25,27,33H,2,18-19,30H2,1H3,(H,31,34)(H,32,35,36)/b17-16+/t25-,27-/m0/s1. The number of carbonyl (C=O) groups excluding carboxylic acids is 3. The molecule has 0 bridgehead atoms. The molecule has 10 heteroatoms. The molecule has 0 aliphatic rings. The van der Waals surface area contributed by atoms with Crippen molar-refractivity contribution in [1.82, 2.24) is 5.32 Å². The van der Waals surface area contributed by atoms with Crippen LogP contribution in [0.15, 0.2) is 91.0 Å². The second kappa shape index (κ2) is 14.9. The van der Waals surface area contributed by atoms with E-state index in [1.54, 1.807) is 85.8 Å². The summed E-state index contributed by atoms with van der Waals surface area (Å²) >= 11 is 0. The fraction of sp³-hybridized carbons (Fsp3) is 0.207. The molecular formula is C29H31N3O7. The quantitative estimate of drug-likeness (QED) is 0.203. The predicted molar refractivity (Wildman–Crippen MR) is 146 cm³/mol. The lowest BCUT2D eigenvalue weighted by atomic mass is 10.0. The highest BCUT2D eigenvalue weighted by Crippen LogP contribution is 2.32. The molecule has 204 valence electrons. The van der Waals surface area contributed by atoms with Gasteiger partial charge in [-0.2, -0.15) is 0 Å². The zero-order valence-electron chi connectivity index (χ0n) is 21.4. The van der Waals surface area contributed by atoms with Crippen LogP contribution in [-0.2, 0) is 14.3 Å². The minimum Gasteiger partial charge on any atom is -0.491 e. The van der Waals surface area contributed by atoms with E-state index in [4.69, 9.17) is 19.9 Å². The van der Waals surface area contributed by atoms with Crippen molar-refractivity contribution >= 4 is 29.3 Å². The monoisotopic (exact) mass is 533 g/mol. The zero-order valence-corrected chi connectivity index (χ0v) is 21.4. The molecule has 3 aromatic rings. The molecule has 5 N–H and O–H groups in total. The van der Waals surface area contributed by atoms with Gasteiger partial charge in [0, 0.05) is 23.8 Å². The van der Waals surface area contributed by atoms with Crippen molar-refractivity contribution < 1.29 is 33.7 Å². The molecule has 0 heterocycles. The van der Waals surface area contributed by atoms with E-state index in [1.165, 1.54) is 12.2 Å². The topological polar surface area (TPSA) is 149 Å². The third kappa shape index (κ3) is 8.70. The molecule has 0 saturated carbocycles.